The molecule has 2 aromatic carbocycles. The van der Waals surface area contributed by atoms with E-state index in [1.165, 1.54) is 11.1 Å². The van der Waals surface area contributed by atoms with Crippen LogP contribution in [0.5, 0.6) is 0 Å². The smallest absolute Gasteiger partial charge is 0.423 e. The van der Waals surface area contributed by atoms with E-state index in [1.54, 1.807) is 12.1 Å². The third-order valence-corrected chi connectivity index (χ3v) is 2.59. The van der Waals surface area contributed by atoms with Gasteiger partial charge in [0.25, 0.3) is 0 Å². The summed E-state index contributed by atoms with van der Waals surface area (Å²) in [6.07, 6.45) is 0. The van der Waals surface area contributed by atoms with Crippen LogP contribution in [0.4, 0.5) is 0 Å². The van der Waals surface area contributed by atoms with E-state index in [4.69, 9.17) is 10.0 Å². The van der Waals surface area contributed by atoms with Gasteiger partial charge in [0, 0.05) is 0 Å². The molecule has 0 atom stereocenters. The van der Waals surface area contributed by atoms with Crippen molar-refractivity contribution < 1.29 is 10.0 Å². The minimum absolute atomic E-state index is 0.533. The number of rotatable bonds is 1. The van der Waals surface area contributed by atoms with Crippen LogP contribution in [0.2, 0.25) is 0 Å². The van der Waals surface area contributed by atoms with Crippen LogP contribution in [-0.2, 0) is 0 Å². The molecule has 0 bridgehead atoms. The van der Waals surface area contributed by atoms with E-state index >= 15 is 0 Å². The van der Waals surface area contributed by atoms with Crippen molar-refractivity contribution in [3.8, 4) is 0 Å². The van der Waals surface area contributed by atoms with Crippen molar-refractivity contribution in [1.82, 2.24) is 0 Å². The molecule has 0 aliphatic rings. The molecule has 0 fully saturated rings. The molecule has 0 spiro atoms. The lowest BCUT2D eigenvalue weighted by atomic mass is 9.80. The van der Waals surface area contributed by atoms with Gasteiger partial charge in [0.05, 0.1) is 0 Å². The Morgan fingerprint density at radius 3 is 1.17 bits per heavy atom. The molecule has 0 aliphatic carbocycles. The normalized spacial score (nSPS) is 9.39. The maximum Gasteiger partial charge on any atom is 0.488 e. The minimum atomic E-state index is -1.35. The van der Waals surface area contributed by atoms with Gasteiger partial charge in [-0.2, -0.15) is 0 Å². The summed E-state index contributed by atoms with van der Waals surface area (Å²) in [6.45, 7) is 6.15. The van der Waals surface area contributed by atoms with Gasteiger partial charge in [-0.25, -0.2) is 0 Å². The monoisotopic (exact) mass is 242 g/mol. The largest absolute Gasteiger partial charge is 0.488 e. The average molecular weight is 242 g/mol. The summed E-state index contributed by atoms with van der Waals surface area (Å²) in [5, 5.41) is 17.3. The first-order chi connectivity index (χ1) is 8.49. The number of benzene rings is 2. The number of hydrogen-bond acceptors (Lipinski definition) is 2. The van der Waals surface area contributed by atoms with Gasteiger partial charge in [-0.3, -0.25) is 0 Å². The highest BCUT2D eigenvalue weighted by Crippen LogP contribution is 1.99. The predicted molar refractivity (Wildman–Crippen MR) is 76.9 cm³/mol. The Balaban J connectivity index is 0.000000184. The maximum atomic E-state index is 8.67. The van der Waals surface area contributed by atoms with E-state index in [2.05, 4.69) is 38.1 Å². The lowest BCUT2D eigenvalue weighted by Crippen LogP contribution is -2.29. The molecule has 0 saturated heterocycles. The van der Waals surface area contributed by atoms with E-state index in [0.29, 0.717) is 5.46 Å². The fourth-order valence-electron chi connectivity index (χ4n) is 1.38. The lowest BCUT2D eigenvalue weighted by Gasteiger charge is -1.97. The Morgan fingerprint density at radius 2 is 0.889 bits per heavy atom. The van der Waals surface area contributed by atoms with Crippen LogP contribution in [0.1, 0.15) is 16.7 Å². The number of aryl methyl sites for hydroxylation is 3. The Morgan fingerprint density at radius 1 is 0.611 bits per heavy atom. The molecule has 0 heterocycles. The summed E-state index contributed by atoms with van der Waals surface area (Å²) >= 11 is 0. The van der Waals surface area contributed by atoms with Crippen LogP contribution in [0, 0.1) is 20.8 Å². The molecule has 0 saturated carbocycles. The van der Waals surface area contributed by atoms with E-state index in [-0.39, 0.29) is 0 Å². The summed E-state index contributed by atoms with van der Waals surface area (Å²) in [4.78, 5) is 0. The third kappa shape index (κ3) is 5.17. The molecule has 2 aromatic rings. The van der Waals surface area contributed by atoms with Gasteiger partial charge in [-0.1, -0.05) is 65.2 Å². The number of hydrogen-bond donors (Lipinski definition) is 2. The van der Waals surface area contributed by atoms with Crippen molar-refractivity contribution in [1.29, 1.82) is 0 Å². The van der Waals surface area contributed by atoms with Gasteiger partial charge in [-0.05, 0) is 26.2 Å². The molecular weight excluding hydrogens is 223 g/mol. The minimum Gasteiger partial charge on any atom is -0.423 e. The van der Waals surface area contributed by atoms with Crippen LogP contribution in [0.3, 0.4) is 0 Å². The van der Waals surface area contributed by atoms with Crippen LogP contribution in [0.25, 0.3) is 0 Å². The molecule has 0 amide bonds. The zero-order valence-electron chi connectivity index (χ0n) is 11.1. The van der Waals surface area contributed by atoms with Crippen LogP contribution in [0.15, 0.2) is 48.5 Å². The zero-order chi connectivity index (χ0) is 13.5. The van der Waals surface area contributed by atoms with Gasteiger partial charge < -0.3 is 10.0 Å². The summed E-state index contributed by atoms with van der Waals surface area (Å²) in [5.74, 6) is 0. The molecule has 94 valence electrons. The summed E-state index contributed by atoms with van der Waals surface area (Å²) in [5.41, 5.74) is 4.31. The Bertz CT molecular complexity index is 440. The van der Waals surface area contributed by atoms with E-state index in [0.717, 1.165) is 5.56 Å². The quantitative estimate of drug-likeness (QED) is 0.750. The van der Waals surface area contributed by atoms with Crippen LogP contribution < -0.4 is 5.46 Å². The molecular formula is C15H19BO2. The first-order valence-corrected chi connectivity index (χ1v) is 5.95. The molecule has 0 unspecified atom stereocenters. The first kappa shape index (κ1) is 14.5. The third-order valence-electron chi connectivity index (χ3n) is 2.59. The second kappa shape index (κ2) is 6.99. The average Bonchev–Trinajstić information content (AvgIpc) is 2.34. The molecule has 2 N–H and O–H groups in total. The molecule has 0 aromatic heterocycles. The highest BCUT2D eigenvalue weighted by molar-refractivity contribution is 6.58. The van der Waals surface area contributed by atoms with E-state index < -0.39 is 7.12 Å². The fraction of sp³-hybridized carbons (Fsp3) is 0.200. The van der Waals surface area contributed by atoms with Crippen molar-refractivity contribution in [2.45, 2.75) is 20.8 Å². The first-order valence-electron chi connectivity index (χ1n) is 5.95. The van der Waals surface area contributed by atoms with Gasteiger partial charge >= 0.3 is 7.12 Å². The molecule has 0 radical (unpaired) electrons. The van der Waals surface area contributed by atoms with Gasteiger partial charge in [0.1, 0.15) is 0 Å². The van der Waals surface area contributed by atoms with Gasteiger partial charge in [0.2, 0.25) is 0 Å². The van der Waals surface area contributed by atoms with Gasteiger partial charge in [0.15, 0.2) is 0 Å². The van der Waals surface area contributed by atoms with Crippen molar-refractivity contribution in [2.75, 3.05) is 0 Å². The standard InChI is InChI=1S/C8H10.C7H9BO2/c1-7-3-5-8(2)6-4-7;1-6-2-4-7(5-3-6)8(9)10/h3-6H,1-2H3;2-5,9-10H,1H3. The maximum absolute atomic E-state index is 8.67. The topological polar surface area (TPSA) is 40.5 Å². The van der Waals surface area contributed by atoms with E-state index in [9.17, 15) is 0 Å². The highest BCUT2D eigenvalue weighted by Gasteiger charge is 2.08. The van der Waals surface area contributed by atoms with Crippen molar-refractivity contribution in [2.24, 2.45) is 0 Å². The zero-order valence-corrected chi connectivity index (χ0v) is 11.1. The lowest BCUT2D eigenvalue weighted by molar-refractivity contribution is 0.426. The SMILES string of the molecule is Cc1ccc(B(O)O)cc1.Cc1ccc(C)cc1. The molecule has 2 rings (SSSR count). The second-order valence-electron chi connectivity index (χ2n) is 4.44. The van der Waals surface area contributed by atoms with Crippen molar-refractivity contribution in [3.63, 3.8) is 0 Å². The second-order valence-corrected chi connectivity index (χ2v) is 4.44. The van der Waals surface area contributed by atoms with Crippen molar-refractivity contribution in [3.05, 3.63) is 65.2 Å². The molecule has 0 aliphatic heterocycles. The Labute approximate surface area is 109 Å². The van der Waals surface area contributed by atoms with Crippen LogP contribution in [-0.4, -0.2) is 17.2 Å². The Hall–Kier alpha value is -1.58. The Kier molecular flexibility index (Phi) is 5.63. The molecule has 2 nitrogen and oxygen atoms in total. The van der Waals surface area contributed by atoms with Crippen molar-refractivity contribution >= 4 is 12.6 Å². The summed E-state index contributed by atoms with van der Waals surface area (Å²) in [6, 6.07) is 15.6. The highest BCUT2D eigenvalue weighted by atomic mass is 16.4. The predicted octanol–water partition coefficient (Wildman–Crippen LogP) is 1.98. The molecule has 18 heavy (non-hydrogen) atoms. The van der Waals surface area contributed by atoms with Crippen LogP contribution >= 0.6 is 0 Å². The summed E-state index contributed by atoms with van der Waals surface area (Å²) < 4.78 is 0. The molecule has 3 heteroatoms. The van der Waals surface area contributed by atoms with Gasteiger partial charge in [-0.15, -0.1) is 0 Å². The van der Waals surface area contributed by atoms with E-state index in [1.807, 2.05) is 19.1 Å². The summed E-state index contributed by atoms with van der Waals surface area (Å²) in [7, 11) is -1.35. The fourth-order valence-corrected chi connectivity index (χ4v) is 1.38.